The number of ether oxygens (including phenoxy) is 1. The van der Waals surface area contributed by atoms with Crippen molar-refractivity contribution in [2.24, 2.45) is 5.73 Å². The van der Waals surface area contributed by atoms with E-state index in [1.165, 1.54) is 24.3 Å². The number of carbonyl (C=O) groups is 3. The molecule has 0 aliphatic heterocycles. The van der Waals surface area contributed by atoms with E-state index in [1.54, 1.807) is 44.4 Å². The van der Waals surface area contributed by atoms with Crippen LogP contribution in [0.5, 0.6) is 5.75 Å². The minimum atomic E-state index is -1.44. The topological polar surface area (TPSA) is 154 Å². The number of aromatic nitrogens is 1. The molecule has 5 N–H and O–H groups in total. The van der Waals surface area contributed by atoms with Crippen LogP contribution in [-0.4, -0.2) is 29.2 Å². The zero-order valence-electron chi connectivity index (χ0n) is 20.4. The van der Waals surface area contributed by atoms with E-state index < -0.39 is 29.6 Å². The number of rotatable bonds is 9. The third kappa shape index (κ3) is 5.34. The Kier molecular flexibility index (Phi) is 7.72. The molecular formula is C26H24FN5O5S. The number of primary amides is 1. The first-order valence-electron chi connectivity index (χ1n) is 11.3. The van der Waals surface area contributed by atoms with Gasteiger partial charge in [0, 0.05) is 6.54 Å². The summed E-state index contributed by atoms with van der Waals surface area (Å²) in [6.07, 6.45) is 0. The molecule has 196 valence electrons. The quantitative estimate of drug-likeness (QED) is 0.295. The Morgan fingerprint density at radius 1 is 1.13 bits per heavy atom. The van der Waals surface area contributed by atoms with E-state index in [0.29, 0.717) is 23.0 Å². The zero-order valence-corrected chi connectivity index (χ0v) is 21.3. The molecule has 0 saturated heterocycles. The second-order valence-corrected chi connectivity index (χ2v) is 8.96. The van der Waals surface area contributed by atoms with Crippen molar-refractivity contribution < 1.29 is 27.9 Å². The fraction of sp³-hybridized carbons (Fsp3) is 0.154. The van der Waals surface area contributed by atoms with Crippen molar-refractivity contribution in [2.75, 3.05) is 17.7 Å². The first kappa shape index (κ1) is 26.4. The number of anilines is 2. The van der Waals surface area contributed by atoms with Crippen molar-refractivity contribution in [3.63, 3.8) is 0 Å². The van der Waals surface area contributed by atoms with Crippen LogP contribution in [0.15, 0.2) is 65.1 Å². The highest BCUT2D eigenvalue weighted by molar-refractivity contribution is 7.09. The van der Waals surface area contributed by atoms with Gasteiger partial charge in [0.25, 0.3) is 17.7 Å². The highest BCUT2D eigenvalue weighted by atomic mass is 32.1. The molecule has 12 heteroatoms. The first-order chi connectivity index (χ1) is 18.2. The monoisotopic (exact) mass is 537 g/mol. The number of nitrogens with two attached hydrogens (primary N) is 2. The van der Waals surface area contributed by atoms with Gasteiger partial charge in [0.15, 0.2) is 11.7 Å². The number of para-hydroxylation sites is 1. The van der Waals surface area contributed by atoms with Gasteiger partial charge >= 0.3 is 0 Å². The van der Waals surface area contributed by atoms with Crippen molar-refractivity contribution in [1.82, 2.24) is 9.69 Å². The summed E-state index contributed by atoms with van der Waals surface area (Å²) in [6.45, 7) is 1.78. The Labute approximate surface area is 221 Å². The highest BCUT2D eigenvalue weighted by Gasteiger charge is 2.38. The molecule has 4 aromatic rings. The number of carbonyl (C=O) groups excluding carboxylic acids is 3. The number of hydrogen-bond donors (Lipinski definition) is 3. The maximum Gasteiger partial charge on any atom is 0.273 e. The lowest BCUT2D eigenvalue weighted by molar-refractivity contribution is -0.123. The van der Waals surface area contributed by atoms with Gasteiger partial charge < -0.3 is 25.9 Å². The predicted molar refractivity (Wildman–Crippen MR) is 139 cm³/mol. The average molecular weight is 538 g/mol. The molecule has 0 radical (unpaired) electrons. The molecule has 0 fully saturated rings. The van der Waals surface area contributed by atoms with E-state index in [4.69, 9.17) is 20.6 Å². The van der Waals surface area contributed by atoms with Crippen LogP contribution in [0.4, 0.5) is 15.8 Å². The Hall–Kier alpha value is -4.71. The minimum Gasteiger partial charge on any atom is -0.497 e. The van der Waals surface area contributed by atoms with E-state index in [1.807, 2.05) is 0 Å². The summed E-state index contributed by atoms with van der Waals surface area (Å²) < 4.78 is 29.9. The molecule has 0 spiro atoms. The van der Waals surface area contributed by atoms with E-state index in [-0.39, 0.29) is 34.3 Å². The summed E-state index contributed by atoms with van der Waals surface area (Å²) >= 11 is 0.621. The second-order valence-electron chi connectivity index (χ2n) is 8.18. The number of amides is 3. The van der Waals surface area contributed by atoms with Gasteiger partial charge in [0.05, 0.1) is 18.5 Å². The molecule has 2 heterocycles. The number of furan rings is 1. The smallest absolute Gasteiger partial charge is 0.273 e. The van der Waals surface area contributed by atoms with E-state index >= 15 is 4.39 Å². The van der Waals surface area contributed by atoms with E-state index in [2.05, 4.69) is 9.69 Å². The van der Waals surface area contributed by atoms with Crippen LogP contribution in [-0.2, 0) is 11.3 Å². The summed E-state index contributed by atoms with van der Waals surface area (Å²) in [6, 6.07) is 14.2. The third-order valence-corrected chi connectivity index (χ3v) is 6.50. The molecule has 3 amide bonds. The lowest BCUT2D eigenvalue weighted by atomic mass is 10.1. The number of methoxy groups -OCH3 is 1. The number of nitrogens with one attached hydrogen (secondary N) is 1. The third-order valence-electron chi connectivity index (χ3n) is 5.65. The lowest BCUT2D eigenvalue weighted by Crippen LogP contribution is -2.44. The largest absolute Gasteiger partial charge is 0.497 e. The Morgan fingerprint density at radius 3 is 2.42 bits per heavy atom. The van der Waals surface area contributed by atoms with Crippen LogP contribution in [0.2, 0.25) is 0 Å². The van der Waals surface area contributed by atoms with Crippen molar-refractivity contribution in [3.05, 3.63) is 94.1 Å². The minimum absolute atomic E-state index is 0.0875. The lowest BCUT2D eigenvalue weighted by Gasteiger charge is -2.30. The van der Waals surface area contributed by atoms with Gasteiger partial charge in [-0.05, 0) is 60.4 Å². The molecular weight excluding hydrogens is 513 g/mol. The normalized spacial score (nSPS) is 11.6. The number of benzene rings is 2. The number of aryl methyl sites for hydroxylation is 1. The van der Waals surface area contributed by atoms with Gasteiger partial charge in [-0.2, -0.15) is 4.37 Å². The van der Waals surface area contributed by atoms with Gasteiger partial charge in [-0.15, -0.1) is 0 Å². The van der Waals surface area contributed by atoms with Crippen LogP contribution < -0.4 is 26.4 Å². The van der Waals surface area contributed by atoms with Gasteiger partial charge in [-0.25, -0.2) is 4.39 Å². The maximum atomic E-state index is 15.1. The number of nitrogen functional groups attached to an aromatic ring is 1. The number of hydrogen-bond acceptors (Lipinski definition) is 8. The predicted octanol–water partition coefficient (Wildman–Crippen LogP) is 3.58. The molecule has 0 aliphatic rings. The van der Waals surface area contributed by atoms with Crippen molar-refractivity contribution >= 4 is 40.6 Å². The Bertz CT molecular complexity index is 1480. The zero-order chi connectivity index (χ0) is 27.4. The summed E-state index contributed by atoms with van der Waals surface area (Å²) in [5.41, 5.74) is 11.3. The van der Waals surface area contributed by atoms with Crippen LogP contribution in [0.3, 0.4) is 0 Å². The van der Waals surface area contributed by atoms with Crippen LogP contribution in [0.1, 0.15) is 43.3 Å². The number of halogens is 1. The number of nitrogens with zero attached hydrogens (tertiary/aromatic N) is 2. The standard InChI is InChI=1S/C26H24FN5O5S/c1-14-7-12-19(37-14)22(25(34)30-13-15-8-10-16(36-2)11-9-15)32(18-6-4-3-5-17(18)27)26(35)23-20(28)21(24(29)33)31-38-23/h3-12,22H,13,28H2,1-2H3,(H2,29,33)(H,30,34). The fourth-order valence-corrected chi connectivity index (χ4v) is 4.50. The van der Waals surface area contributed by atoms with Crippen LogP contribution in [0, 0.1) is 12.7 Å². The molecule has 10 nitrogen and oxygen atoms in total. The Balaban J connectivity index is 1.78. The molecule has 1 atom stereocenters. The highest BCUT2D eigenvalue weighted by Crippen LogP contribution is 2.35. The van der Waals surface area contributed by atoms with Crippen LogP contribution in [0.25, 0.3) is 0 Å². The summed E-state index contributed by atoms with van der Waals surface area (Å²) in [5.74, 6) is -1.99. The Morgan fingerprint density at radius 2 is 1.84 bits per heavy atom. The molecule has 4 rings (SSSR count). The van der Waals surface area contributed by atoms with Gasteiger partial charge in [-0.1, -0.05) is 24.3 Å². The van der Waals surface area contributed by atoms with E-state index in [9.17, 15) is 14.4 Å². The molecule has 1 unspecified atom stereocenters. The molecule has 0 saturated carbocycles. The van der Waals surface area contributed by atoms with E-state index in [0.717, 1.165) is 16.5 Å². The molecule has 2 aromatic heterocycles. The summed E-state index contributed by atoms with van der Waals surface area (Å²) in [5, 5.41) is 2.78. The van der Waals surface area contributed by atoms with Crippen molar-refractivity contribution in [2.45, 2.75) is 19.5 Å². The van der Waals surface area contributed by atoms with Crippen LogP contribution >= 0.6 is 11.5 Å². The van der Waals surface area contributed by atoms with Gasteiger partial charge in [-0.3, -0.25) is 19.3 Å². The first-order valence-corrected chi connectivity index (χ1v) is 12.1. The summed E-state index contributed by atoms with van der Waals surface area (Å²) in [7, 11) is 1.54. The molecule has 0 aliphatic carbocycles. The van der Waals surface area contributed by atoms with Gasteiger partial charge in [0.1, 0.15) is 28.0 Å². The van der Waals surface area contributed by atoms with Gasteiger partial charge in [0.2, 0.25) is 0 Å². The molecule has 2 aromatic carbocycles. The molecule has 38 heavy (non-hydrogen) atoms. The average Bonchev–Trinajstić information content (AvgIpc) is 3.51. The maximum absolute atomic E-state index is 15.1. The van der Waals surface area contributed by atoms with Crippen molar-refractivity contribution in [1.29, 1.82) is 0 Å². The fourth-order valence-electron chi connectivity index (χ4n) is 3.75. The van der Waals surface area contributed by atoms with Crippen molar-refractivity contribution in [3.8, 4) is 5.75 Å². The second kappa shape index (κ2) is 11.1. The SMILES string of the molecule is COc1ccc(CNC(=O)C(c2ccc(C)o2)N(C(=O)c2snc(C(N)=O)c2N)c2ccccc2F)cc1. The summed E-state index contributed by atoms with van der Waals surface area (Å²) in [4.78, 5) is 40.0. The molecule has 0 bridgehead atoms.